The third kappa shape index (κ3) is 3.18. The smallest absolute Gasteiger partial charge is 0.205 e. The van der Waals surface area contributed by atoms with Gasteiger partial charge < -0.3 is 15.0 Å². The highest BCUT2D eigenvalue weighted by Gasteiger charge is 2.06. The predicted molar refractivity (Wildman–Crippen MR) is 103 cm³/mol. The molecule has 132 valence electrons. The minimum Gasteiger partial charge on any atom is -0.457 e. The van der Waals surface area contributed by atoms with Crippen LogP contribution in [0.15, 0.2) is 60.7 Å². The summed E-state index contributed by atoms with van der Waals surface area (Å²) in [6.45, 7) is 0. The van der Waals surface area contributed by atoms with E-state index in [0.29, 0.717) is 28.5 Å². The number of H-pyrrole nitrogens is 1. The predicted octanol–water partition coefficient (Wildman–Crippen LogP) is 5.24. The molecule has 6 nitrogen and oxygen atoms in total. The number of imidazole rings is 1. The van der Waals surface area contributed by atoms with Gasteiger partial charge in [-0.2, -0.15) is 8.75 Å². The van der Waals surface area contributed by atoms with Gasteiger partial charge in [-0.25, -0.2) is 9.37 Å². The zero-order valence-electron chi connectivity index (χ0n) is 13.8. The molecule has 5 rings (SSSR count). The number of halogens is 1. The van der Waals surface area contributed by atoms with Gasteiger partial charge in [0, 0.05) is 11.8 Å². The van der Waals surface area contributed by atoms with E-state index in [4.69, 9.17) is 4.74 Å². The summed E-state index contributed by atoms with van der Waals surface area (Å²) in [7, 11) is 0. The topological polar surface area (TPSA) is 75.7 Å². The van der Waals surface area contributed by atoms with Gasteiger partial charge in [0.2, 0.25) is 5.95 Å². The number of benzene rings is 3. The van der Waals surface area contributed by atoms with Gasteiger partial charge in [-0.3, -0.25) is 0 Å². The van der Waals surface area contributed by atoms with Crippen molar-refractivity contribution in [2.45, 2.75) is 0 Å². The SMILES string of the molecule is Fc1ccc2nc(Nc3ccc(Oc4ccc5nsnc5c4)cc3)[nH]c2c1. The highest BCUT2D eigenvalue weighted by atomic mass is 32.1. The molecule has 0 spiro atoms. The summed E-state index contributed by atoms with van der Waals surface area (Å²) in [5, 5.41) is 3.16. The van der Waals surface area contributed by atoms with E-state index in [1.54, 1.807) is 6.07 Å². The first-order valence-corrected chi connectivity index (χ1v) is 8.88. The van der Waals surface area contributed by atoms with Gasteiger partial charge in [0.05, 0.1) is 22.8 Å². The Morgan fingerprint density at radius 3 is 2.52 bits per heavy atom. The minimum absolute atomic E-state index is 0.300. The summed E-state index contributed by atoms with van der Waals surface area (Å²) in [6, 6.07) is 17.5. The van der Waals surface area contributed by atoms with E-state index in [1.165, 1.54) is 23.9 Å². The highest BCUT2D eigenvalue weighted by Crippen LogP contribution is 2.27. The molecule has 2 N–H and O–H groups in total. The average Bonchev–Trinajstić information content (AvgIpc) is 3.28. The maximum Gasteiger partial charge on any atom is 0.205 e. The normalized spacial score (nSPS) is 11.1. The third-order valence-corrected chi connectivity index (χ3v) is 4.58. The fourth-order valence-corrected chi connectivity index (χ4v) is 3.26. The fourth-order valence-electron chi connectivity index (χ4n) is 2.75. The molecule has 0 atom stereocenters. The quantitative estimate of drug-likeness (QED) is 0.448. The molecule has 8 heteroatoms. The van der Waals surface area contributed by atoms with Gasteiger partial charge in [0.15, 0.2) is 0 Å². The summed E-state index contributed by atoms with van der Waals surface area (Å²) in [4.78, 5) is 7.44. The Hall–Kier alpha value is -3.52. The van der Waals surface area contributed by atoms with Crippen LogP contribution in [0.2, 0.25) is 0 Å². The Kier molecular flexibility index (Phi) is 3.68. The van der Waals surface area contributed by atoms with Crippen LogP contribution in [0.25, 0.3) is 22.1 Å². The van der Waals surface area contributed by atoms with Crippen molar-refractivity contribution in [1.29, 1.82) is 0 Å². The number of aromatic nitrogens is 4. The lowest BCUT2D eigenvalue weighted by Crippen LogP contribution is -1.92. The van der Waals surface area contributed by atoms with Crippen LogP contribution in [-0.2, 0) is 0 Å². The number of rotatable bonds is 4. The number of ether oxygens (including phenoxy) is 1. The fraction of sp³-hybridized carbons (Fsp3) is 0. The van der Waals surface area contributed by atoms with E-state index in [0.717, 1.165) is 16.7 Å². The van der Waals surface area contributed by atoms with E-state index in [1.807, 2.05) is 42.5 Å². The van der Waals surface area contributed by atoms with Gasteiger partial charge in [-0.1, -0.05) is 0 Å². The van der Waals surface area contributed by atoms with Crippen molar-refractivity contribution >= 4 is 45.4 Å². The third-order valence-electron chi connectivity index (χ3n) is 4.02. The first kappa shape index (κ1) is 15.7. The summed E-state index contributed by atoms with van der Waals surface area (Å²) < 4.78 is 27.5. The highest BCUT2D eigenvalue weighted by molar-refractivity contribution is 7.00. The molecule has 5 aromatic rings. The number of hydrogen-bond acceptors (Lipinski definition) is 6. The molecule has 0 radical (unpaired) electrons. The summed E-state index contributed by atoms with van der Waals surface area (Å²) in [5.74, 6) is 1.65. The molecule has 0 aliphatic heterocycles. The van der Waals surface area contributed by atoms with Crippen molar-refractivity contribution in [1.82, 2.24) is 18.7 Å². The molecule has 0 bridgehead atoms. The molecule has 0 saturated carbocycles. The second-order valence-electron chi connectivity index (χ2n) is 5.91. The van der Waals surface area contributed by atoms with Crippen LogP contribution in [0, 0.1) is 5.82 Å². The van der Waals surface area contributed by atoms with Crippen molar-refractivity contribution in [2.75, 3.05) is 5.32 Å². The van der Waals surface area contributed by atoms with Crippen LogP contribution in [0.1, 0.15) is 0 Å². The second kappa shape index (κ2) is 6.33. The van der Waals surface area contributed by atoms with Crippen molar-refractivity contribution in [3.05, 3.63) is 66.5 Å². The molecule has 0 fully saturated rings. The zero-order chi connectivity index (χ0) is 18.2. The van der Waals surface area contributed by atoms with Crippen LogP contribution < -0.4 is 10.1 Å². The van der Waals surface area contributed by atoms with Crippen LogP contribution in [0.4, 0.5) is 16.0 Å². The van der Waals surface area contributed by atoms with Gasteiger partial charge in [0.25, 0.3) is 0 Å². The van der Waals surface area contributed by atoms with Gasteiger partial charge in [-0.15, -0.1) is 0 Å². The maximum absolute atomic E-state index is 13.3. The van der Waals surface area contributed by atoms with E-state index < -0.39 is 0 Å². The van der Waals surface area contributed by atoms with Crippen LogP contribution >= 0.6 is 11.7 Å². The molecule has 0 saturated heterocycles. The summed E-state index contributed by atoms with van der Waals surface area (Å²) >= 11 is 1.18. The molecule has 0 unspecified atom stereocenters. The Morgan fingerprint density at radius 1 is 0.852 bits per heavy atom. The Bertz CT molecular complexity index is 1250. The molecular weight excluding hydrogens is 365 g/mol. The Morgan fingerprint density at radius 2 is 1.63 bits per heavy atom. The molecule has 0 amide bonds. The number of nitrogens with zero attached hydrogens (tertiary/aromatic N) is 3. The lowest BCUT2D eigenvalue weighted by atomic mass is 10.3. The molecule has 27 heavy (non-hydrogen) atoms. The van der Waals surface area contributed by atoms with Crippen LogP contribution in [-0.4, -0.2) is 18.7 Å². The van der Waals surface area contributed by atoms with Crippen molar-refractivity contribution in [3.8, 4) is 11.5 Å². The van der Waals surface area contributed by atoms with E-state index in [2.05, 4.69) is 24.0 Å². The van der Waals surface area contributed by atoms with E-state index >= 15 is 0 Å². The first-order valence-electron chi connectivity index (χ1n) is 8.15. The van der Waals surface area contributed by atoms with E-state index in [-0.39, 0.29) is 5.82 Å². The molecule has 2 heterocycles. The van der Waals surface area contributed by atoms with Crippen molar-refractivity contribution in [3.63, 3.8) is 0 Å². The number of aromatic amines is 1. The van der Waals surface area contributed by atoms with Gasteiger partial charge in [0.1, 0.15) is 28.3 Å². The molecule has 2 aromatic heterocycles. The lowest BCUT2D eigenvalue weighted by Gasteiger charge is -2.07. The molecular formula is C19H12FN5OS. The number of anilines is 2. The second-order valence-corrected chi connectivity index (χ2v) is 6.44. The lowest BCUT2D eigenvalue weighted by molar-refractivity contribution is 0.483. The maximum atomic E-state index is 13.3. The Labute approximate surface area is 157 Å². The average molecular weight is 377 g/mol. The van der Waals surface area contributed by atoms with Gasteiger partial charge in [-0.05, 0) is 54.6 Å². The first-order chi connectivity index (χ1) is 13.2. The summed E-state index contributed by atoms with van der Waals surface area (Å²) in [6.07, 6.45) is 0. The number of nitrogens with one attached hydrogen (secondary N) is 2. The van der Waals surface area contributed by atoms with Crippen LogP contribution in [0.3, 0.4) is 0 Å². The number of fused-ring (bicyclic) bond motifs is 2. The molecule has 3 aromatic carbocycles. The van der Waals surface area contributed by atoms with Crippen molar-refractivity contribution in [2.24, 2.45) is 0 Å². The Balaban J connectivity index is 1.32. The van der Waals surface area contributed by atoms with Crippen LogP contribution in [0.5, 0.6) is 11.5 Å². The minimum atomic E-state index is -0.300. The summed E-state index contributed by atoms with van der Waals surface area (Å²) in [5.41, 5.74) is 3.85. The zero-order valence-corrected chi connectivity index (χ0v) is 14.6. The standard InChI is InChI=1S/C19H12FN5OS/c20-11-1-7-15-17(9-11)23-19(22-15)21-12-2-4-13(5-3-12)26-14-6-8-16-18(10-14)25-27-24-16/h1-10H,(H2,21,22,23). The number of hydrogen-bond donors (Lipinski definition) is 2. The monoisotopic (exact) mass is 377 g/mol. The van der Waals surface area contributed by atoms with E-state index in [9.17, 15) is 4.39 Å². The van der Waals surface area contributed by atoms with Gasteiger partial charge >= 0.3 is 0 Å². The molecule has 0 aliphatic rings. The van der Waals surface area contributed by atoms with Crippen molar-refractivity contribution < 1.29 is 9.13 Å². The molecule has 0 aliphatic carbocycles. The largest absolute Gasteiger partial charge is 0.457 e.